The number of rotatable bonds is 8. The molecule has 0 bridgehead atoms. The van der Waals surface area contributed by atoms with Gasteiger partial charge in [0.15, 0.2) is 12.5 Å². The van der Waals surface area contributed by atoms with Crippen molar-refractivity contribution in [1.29, 1.82) is 0 Å². The van der Waals surface area contributed by atoms with E-state index < -0.39 is 44.8 Å². The minimum absolute atomic E-state index is 0.246. The van der Waals surface area contributed by atoms with Crippen LogP contribution in [0.1, 0.15) is 23.6 Å². The first-order valence-corrected chi connectivity index (χ1v) is 17.7. The molecule has 49 heavy (non-hydrogen) atoms. The molecule has 244 valence electrons. The highest BCUT2D eigenvalue weighted by atomic mass is 31.1. The van der Waals surface area contributed by atoms with Gasteiger partial charge in [-0.1, -0.05) is 151 Å². The smallest absolute Gasteiger partial charge is 0.184 e. The van der Waals surface area contributed by atoms with E-state index in [1.807, 2.05) is 91.3 Å². The lowest BCUT2D eigenvalue weighted by atomic mass is 9.95. The van der Waals surface area contributed by atoms with Crippen molar-refractivity contribution in [2.75, 3.05) is 6.61 Å². The second kappa shape index (κ2) is 14.3. The van der Waals surface area contributed by atoms with Gasteiger partial charge >= 0.3 is 0 Å². The summed E-state index contributed by atoms with van der Waals surface area (Å²) in [5.74, 6) is 0. The molecule has 2 aliphatic rings. The Kier molecular flexibility index (Phi) is 9.21. The van der Waals surface area contributed by atoms with Gasteiger partial charge in [0.1, 0.15) is 30.0 Å². The van der Waals surface area contributed by atoms with Crippen LogP contribution >= 0.6 is 7.92 Å². The lowest BCUT2D eigenvalue weighted by molar-refractivity contribution is -0.322. The van der Waals surface area contributed by atoms with Crippen molar-refractivity contribution in [2.45, 2.75) is 36.9 Å². The van der Waals surface area contributed by atoms with Gasteiger partial charge in [0, 0.05) is 22.9 Å². The standard InChI is InChI=1S/C40H35N4O4P/c45-37-36(41-25-30-19-13-14-24-35(30)49(31-20-9-3-10-21-31)32-22-11-4-12-23-32)39(44-26-33(42-43-44)28-15-5-1-6-16-28)47-34-27-46-40(48-38(34)37)29-17-7-2-8-18-29/h1-26,34,36-40,45H,27H2/t34-,36-,37-,38-,39-,40-/m1/s1. The maximum absolute atomic E-state index is 12.1. The van der Waals surface area contributed by atoms with E-state index in [1.54, 1.807) is 4.68 Å². The Morgan fingerprint density at radius 3 is 2.04 bits per heavy atom. The molecule has 0 saturated carbocycles. The Labute approximate surface area is 286 Å². The van der Waals surface area contributed by atoms with Gasteiger partial charge in [0.05, 0.1) is 12.8 Å². The molecule has 9 heteroatoms. The molecule has 1 aromatic heterocycles. The zero-order chi connectivity index (χ0) is 33.0. The average Bonchev–Trinajstić information content (AvgIpc) is 3.67. The predicted octanol–water partition coefficient (Wildman–Crippen LogP) is 5.56. The first kappa shape index (κ1) is 31.4. The van der Waals surface area contributed by atoms with Crippen molar-refractivity contribution in [2.24, 2.45) is 4.99 Å². The van der Waals surface area contributed by atoms with Gasteiger partial charge in [-0.3, -0.25) is 4.99 Å². The molecule has 2 saturated heterocycles. The molecule has 5 aromatic carbocycles. The number of hydrogen-bond donors (Lipinski definition) is 1. The van der Waals surface area contributed by atoms with Crippen LogP contribution in [0, 0.1) is 0 Å². The van der Waals surface area contributed by atoms with E-state index in [0.717, 1.165) is 22.0 Å². The molecule has 2 aliphatic heterocycles. The number of hydrogen-bond acceptors (Lipinski definition) is 7. The molecule has 0 amide bonds. The van der Waals surface area contributed by atoms with E-state index >= 15 is 0 Å². The van der Waals surface area contributed by atoms with Crippen LogP contribution in [0.3, 0.4) is 0 Å². The lowest BCUT2D eigenvalue weighted by Crippen LogP contribution is -2.59. The molecular formula is C40H35N4O4P. The van der Waals surface area contributed by atoms with Crippen LogP contribution in [0.2, 0.25) is 0 Å². The zero-order valence-electron chi connectivity index (χ0n) is 26.6. The van der Waals surface area contributed by atoms with Crippen LogP contribution in [0.5, 0.6) is 0 Å². The number of aliphatic hydroxyl groups excluding tert-OH is 1. The highest BCUT2D eigenvalue weighted by Crippen LogP contribution is 2.39. The van der Waals surface area contributed by atoms with Gasteiger partial charge in [-0.15, -0.1) is 5.10 Å². The van der Waals surface area contributed by atoms with Crippen LogP contribution < -0.4 is 15.9 Å². The largest absolute Gasteiger partial charge is 0.388 e. The first-order valence-electron chi connectivity index (χ1n) is 16.4. The Morgan fingerprint density at radius 1 is 0.735 bits per heavy atom. The third-order valence-corrected chi connectivity index (χ3v) is 11.4. The zero-order valence-corrected chi connectivity index (χ0v) is 27.5. The summed E-state index contributed by atoms with van der Waals surface area (Å²) in [7, 11) is -0.882. The summed E-state index contributed by atoms with van der Waals surface area (Å²) in [6.45, 7) is 0.246. The van der Waals surface area contributed by atoms with Crippen molar-refractivity contribution in [3.8, 4) is 11.3 Å². The van der Waals surface area contributed by atoms with Gasteiger partial charge in [-0.05, 0) is 23.8 Å². The van der Waals surface area contributed by atoms with Crippen molar-refractivity contribution in [3.05, 3.63) is 163 Å². The molecule has 2 fully saturated rings. The van der Waals surface area contributed by atoms with Gasteiger partial charge in [0.25, 0.3) is 0 Å². The summed E-state index contributed by atoms with van der Waals surface area (Å²) in [5.41, 5.74) is 3.48. The Morgan fingerprint density at radius 2 is 1.35 bits per heavy atom. The van der Waals surface area contributed by atoms with Crippen LogP contribution in [-0.4, -0.2) is 57.3 Å². The SMILES string of the molecule is O[C@@H]1[C@@H](N=Cc2ccccc2P(c2ccccc2)c2ccccc2)[C@H](n2cc(-c3ccccc3)nn2)O[C@@H]2CO[C@@H](c3ccccc3)O[C@@H]12. The van der Waals surface area contributed by atoms with Crippen molar-refractivity contribution in [3.63, 3.8) is 0 Å². The molecule has 3 heterocycles. The number of aliphatic imine (C=N–C) groups is 1. The van der Waals surface area contributed by atoms with Gasteiger partial charge in [-0.2, -0.15) is 0 Å². The number of benzene rings is 5. The van der Waals surface area contributed by atoms with E-state index in [4.69, 9.17) is 19.2 Å². The van der Waals surface area contributed by atoms with Crippen molar-refractivity contribution < 1.29 is 19.3 Å². The predicted molar refractivity (Wildman–Crippen MR) is 192 cm³/mol. The molecule has 0 radical (unpaired) electrons. The second-order valence-corrected chi connectivity index (χ2v) is 14.2. The van der Waals surface area contributed by atoms with Crippen LogP contribution in [0.15, 0.2) is 157 Å². The molecule has 1 N–H and O–H groups in total. The molecule has 0 aliphatic carbocycles. The minimum atomic E-state index is -1.02. The maximum atomic E-state index is 12.1. The lowest BCUT2D eigenvalue weighted by Gasteiger charge is -2.46. The maximum Gasteiger partial charge on any atom is 0.184 e. The molecular weight excluding hydrogens is 631 g/mol. The Bertz CT molecular complexity index is 1960. The highest BCUT2D eigenvalue weighted by molar-refractivity contribution is 7.80. The number of aromatic nitrogens is 3. The fourth-order valence-electron chi connectivity index (χ4n) is 6.44. The molecule has 8 nitrogen and oxygen atoms in total. The Hall–Kier alpha value is -4.82. The van der Waals surface area contributed by atoms with E-state index in [1.165, 1.54) is 10.6 Å². The average molecular weight is 667 g/mol. The number of fused-ring (bicyclic) bond motifs is 1. The number of ether oxygens (including phenoxy) is 3. The summed E-state index contributed by atoms with van der Waals surface area (Å²) in [4.78, 5) is 5.09. The second-order valence-electron chi connectivity index (χ2n) is 12.0. The van der Waals surface area contributed by atoms with Crippen molar-refractivity contribution in [1.82, 2.24) is 15.0 Å². The van der Waals surface area contributed by atoms with Gasteiger partial charge in [0.2, 0.25) is 0 Å². The molecule has 6 aromatic rings. The quantitative estimate of drug-likeness (QED) is 0.169. The normalized spacial score (nSPS) is 23.8. The third-order valence-electron chi connectivity index (χ3n) is 8.86. The van der Waals surface area contributed by atoms with Crippen LogP contribution in [0.25, 0.3) is 11.3 Å². The molecule has 6 atom stereocenters. The van der Waals surface area contributed by atoms with E-state index in [-0.39, 0.29) is 6.61 Å². The third kappa shape index (κ3) is 6.62. The topological polar surface area (TPSA) is 91.0 Å². The van der Waals surface area contributed by atoms with Crippen LogP contribution in [-0.2, 0) is 14.2 Å². The van der Waals surface area contributed by atoms with E-state index in [0.29, 0.717) is 5.69 Å². The number of nitrogens with zero attached hydrogens (tertiary/aromatic N) is 4. The van der Waals surface area contributed by atoms with Gasteiger partial charge in [-0.25, -0.2) is 4.68 Å². The number of aliphatic hydroxyl groups is 1. The summed E-state index contributed by atoms with van der Waals surface area (Å²) >= 11 is 0. The van der Waals surface area contributed by atoms with E-state index in [9.17, 15) is 5.11 Å². The summed E-state index contributed by atoms with van der Waals surface area (Å²) < 4.78 is 20.8. The Balaban J connectivity index is 1.16. The summed E-state index contributed by atoms with van der Waals surface area (Å²) in [5, 5.41) is 24.6. The fraction of sp³-hybridized carbons (Fsp3) is 0.175. The van der Waals surface area contributed by atoms with Crippen molar-refractivity contribution >= 4 is 30.0 Å². The summed E-state index contributed by atoms with van der Waals surface area (Å²) in [6, 6.07) is 48.3. The van der Waals surface area contributed by atoms with E-state index in [2.05, 4.69) is 77.0 Å². The van der Waals surface area contributed by atoms with Crippen LogP contribution in [0.4, 0.5) is 0 Å². The minimum Gasteiger partial charge on any atom is -0.388 e. The van der Waals surface area contributed by atoms with Gasteiger partial charge < -0.3 is 19.3 Å². The molecule has 0 unspecified atom stereocenters. The fourth-order valence-corrected chi connectivity index (χ4v) is 8.86. The monoisotopic (exact) mass is 666 g/mol. The first-order chi connectivity index (χ1) is 24.2. The molecule has 8 rings (SSSR count). The summed E-state index contributed by atoms with van der Waals surface area (Å²) in [6.07, 6.45) is 0.0995. The highest BCUT2D eigenvalue weighted by Gasteiger charge is 2.50. The molecule has 0 spiro atoms.